The maximum absolute atomic E-state index is 4.18. The highest BCUT2D eigenvalue weighted by atomic mass is 15.0. The van der Waals surface area contributed by atoms with Crippen LogP contribution in [0.3, 0.4) is 0 Å². The molecule has 8 fully saturated rings. The fraction of sp³-hybridized carbons (Fsp3) is 1.00. The second-order valence-electron chi connectivity index (χ2n) is 12.7. The topological polar surface area (TPSA) is 12.0 Å². The SMILES string of the molecule is CCC(CCCNC12CC3CC(CC(C3)C1)C2)C12CC3CC(CC(C3)C1)C2. The summed E-state index contributed by atoms with van der Waals surface area (Å²) in [7, 11) is 0. The van der Waals surface area contributed by atoms with Gasteiger partial charge in [-0.15, -0.1) is 0 Å². The molecule has 0 radical (unpaired) electrons. The van der Waals surface area contributed by atoms with E-state index in [9.17, 15) is 0 Å². The van der Waals surface area contributed by atoms with Crippen LogP contribution in [-0.2, 0) is 0 Å². The molecule has 0 aromatic rings. The first-order valence-corrected chi connectivity index (χ1v) is 12.9. The lowest BCUT2D eigenvalue weighted by molar-refractivity contribution is -0.0905. The lowest BCUT2D eigenvalue weighted by Gasteiger charge is -2.60. The molecule has 1 atom stereocenters. The van der Waals surface area contributed by atoms with E-state index in [1.54, 1.807) is 57.8 Å². The molecule has 0 saturated heterocycles. The van der Waals surface area contributed by atoms with Crippen molar-refractivity contribution in [3.63, 3.8) is 0 Å². The largest absolute Gasteiger partial charge is 0.311 e. The minimum atomic E-state index is 0.581. The second-order valence-corrected chi connectivity index (χ2v) is 12.7. The maximum atomic E-state index is 4.18. The summed E-state index contributed by atoms with van der Waals surface area (Å²) in [6.45, 7) is 3.82. The molecule has 8 aliphatic carbocycles. The molecule has 0 aliphatic heterocycles. The van der Waals surface area contributed by atoms with E-state index in [2.05, 4.69) is 12.2 Å². The third-order valence-electron chi connectivity index (χ3n) is 10.7. The minimum absolute atomic E-state index is 0.581. The molecule has 8 bridgehead atoms. The second kappa shape index (κ2) is 6.48. The van der Waals surface area contributed by atoms with Crippen molar-refractivity contribution in [3.8, 4) is 0 Å². The van der Waals surface area contributed by atoms with Crippen molar-refractivity contribution in [2.45, 2.75) is 109 Å². The first kappa shape index (κ1) is 17.8. The number of hydrogen-bond donors (Lipinski definition) is 1. The molecule has 0 heterocycles. The third kappa shape index (κ3) is 3.04. The van der Waals surface area contributed by atoms with Crippen LogP contribution in [0.1, 0.15) is 103 Å². The van der Waals surface area contributed by atoms with Crippen LogP contribution in [0.2, 0.25) is 0 Å². The summed E-state index contributed by atoms with van der Waals surface area (Å²) < 4.78 is 0. The molecule has 1 unspecified atom stereocenters. The van der Waals surface area contributed by atoms with Gasteiger partial charge in [0.25, 0.3) is 0 Å². The molecule has 0 aromatic carbocycles. The Balaban J connectivity index is 1.05. The number of hydrogen-bond acceptors (Lipinski definition) is 1. The fourth-order valence-corrected chi connectivity index (χ4v) is 10.7. The first-order valence-electron chi connectivity index (χ1n) is 12.9. The molecule has 8 aliphatic rings. The Morgan fingerprint density at radius 2 is 1.15 bits per heavy atom. The van der Waals surface area contributed by atoms with Crippen molar-refractivity contribution >= 4 is 0 Å². The van der Waals surface area contributed by atoms with Crippen LogP contribution in [0.15, 0.2) is 0 Å². The Kier molecular flexibility index (Phi) is 4.27. The summed E-state index contributed by atoms with van der Waals surface area (Å²) in [5.41, 5.74) is 1.36. The van der Waals surface area contributed by atoms with Gasteiger partial charge in [-0.2, -0.15) is 0 Å². The molecule has 8 rings (SSSR count). The highest BCUT2D eigenvalue weighted by Crippen LogP contribution is 2.64. The molecule has 8 saturated carbocycles. The molecule has 1 nitrogen and oxygen atoms in total. The van der Waals surface area contributed by atoms with Crippen molar-refractivity contribution in [3.05, 3.63) is 0 Å². The normalized spacial score (nSPS) is 53.2. The average Bonchev–Trinajstić information content (AvgIpc) is 2.59. The van der Waals surface area contributed by atoms with E-state index in [0.29, 0.717) is 5.54 Å². The van der Waals surface area contributed by atoms with Crippen LogP contribution in [0.25, 0.3) is 0 Å². The maximum Gasteiger partial charge on any atom is 0.0189 e. The predicted octanol–water partition coefficient (Wildman–Crippen LogP) is 6.57. The van der Waals surface area contributed by atoms with Gasteiger partial charge in [-0.1, -0.05) is 13.3 Å². The number of rotatable bonds is 7. The van der Waals surface area contributed by atoms with Crippen LogP contribution in [0, 0.1) is 46.8 Å². The Labute approximate surface area is 167 Å². The molecular weight excluding hydrogens is 326 g/mol. The van der Waals surface area contributed by atoms with Crippen LogP contribution < -0.4 is 5.32 Å². The van der Waals surface area contributed by atoms with Crippen LogP contribution >= 0.6 is 0 Å². The molecule has 1 heteroatoms. The summed E-state index contributed by atoms with van der Waals surface area (Å²) >= 11 is 0. The molecule has 0 aromatic heterocycles. The zero-order valence-corrected chi connectivity index (χ0v) is 17.9. The number of nitrogens with one attached hydrogen (secondary N) is 1. The Hall–Kier alpha value is -0.0400. The van der Waals surface area contributed by atoms with Crippen LogP contribution in [0.4, 0.5) is 0 Å². The van der Waals surface area contributed by atoms with E-state index < -0.39 is 0 Å². The molecule has 0 amide bonds. The first-order chi connectivity index (χ1) is 13.1. The van der Waals surface area contributed by atoms with E-state index in [1.165, 1.54) is 45.1 Å². The third-order valence-corrected chi connectivity index (χ3v) is 10.7. The summed E-state index contributed by atoms with van der Waals surface area (Å²) in [6.07, 6.45) is 23.3. The average molecular weight is 370 g/mol. The standard InChI is InChI=1S/C26H43N/c1-2-24(25-12-18-6-19(13-25)8-20(7-18)14-25)4-3-5-27-26-15-21-9-22(16-26)11-23(10-21)17-26/h18-24,27H,2-17H2,1H3. The predicted molar refractivity (Wildman–Crippen MR) is 113 cm³/mol. The van der Waals surface area contributed by atoms with Gasteiger partial charge in [-0.05, 0) is 143 Å². The van der Waals surface area contributed by atoms with Gasteiger partial charge >= 0.3 is 0 Å². The van der Waals surface area contributed by atoms with E-state index >= 15 is 0 Å². The molecule has 1 N–H and O–H groups in total. The van der Waals surface area contributed by atoms with Crippen LogP contribution in [0.5, 0.6) is 0 Å². The highest BCUT2D eigenvalue weighted by molar-refractivity contribution is 5.07. The van der Waals surface area contributed by atoms with Gasteiger partial charge in [-0.3, -0.25) is 0 Å². The van der Waals surface area contributed by atoms with Gasteiger partial charge in [0.2, 0.25) is 0 Å². The van der Waals surface area contributed by atoms with Crippen molar-refractivity contribution in [1.29, 1.82) is 0 Å². The van der Waals surface area contributed by atoms with Gasteiger partial charge < -0.3 is 5.32 Å². The highest BCUT2D eigenvalue weighted by Gasteiger charge is 2.53. The van der Waals surface area contributed by atoms with E-state index in [4.69, 9.17) is 0 Å². The monoisotopic (exact) mass is 369 g/mol. The quantitative estimate of drug-likeness (QED) is 0.501. The summed E-state index contributed by atoms with van der Waals surface area (Å²) in [5.74, 6) is 7.64. The Morgan fingerprint density at radius 3 is 1.59 bits per heavy atom. The van der Waals surface area contributed by atoms with Gasteiger partial charge in [0.1, 0.15) is 0 Å². The molecule has 152 valence electrons. The molecule has 0 spiro atoms. The zero-order chi connectivity index (χ0) is 18.1. The fourth-order valence-electron chi connectivity index (χ4n) is 10.7. The Bertz CT molecular complexity index is 492. The van der Waals surface area contributed by atoms with Crippen molar-refractivity contribution in [1.82, 2.24) is 5.32 Å². The summed E-state index contributed by atoms with van der Waals surface area (Å²) in [5, 5.41) is 4.18. The van der Waals surface area contributed by atoms with E-state index in [-0.39, 0.29) is 0 Å². The van der Waals surface area contributed by atoms with Crippen molar-refractivity contribution in [2.75, 3.05) is 6.54 Å². The van der Waals surface area contributed by atoms with Gasteiger partial charge in [0.15, 0.2) is 0 Å². The summed E-state index contributed by atoms with van der Waals surface area (Å²) in [6, 6.07) is 0. The zero-order valence-electron chi connectivity index (χ0n) is 17.9. The van der Waals surface area contributed by atoms with Gasteiger partial charge in [0.05, 0.1) is 0 Å². The van der Waals surface area contributed by atoms with Gasteiger partial charge in [-0.25, -0.2) is 0 Å². The van der Waals surface area contributed by atoms with E-state index in [1.807, 2.05) is 0 Å². The van der Waals surface area contributed by atoms with Gasteiger partial charge in [0, 0.05) is 5.54 Å². The minimum Gasteiger partial charge on any atom is -0.311 e. The van der Waals surface area contributed by atoms with Crippen LogP contribution in [-0.4, -0.2) is 12.1 Å². The van der Waals surface area contributed by atoms with E-state index in [0.717, 1.165) is 46.8 Å². The molecule has 27 heavy (non-hydrogen) atoms. The molecular formula is C26H43N. The lowest BCUT2D eigenvalue weighted by Crippen LogP contribution is -2.58. The van der Waals surface area contributed by atoms with Crippen molar-refractivity contribution in [2.24, 2.45) is 46.8 Å². The lowest BCUT2D eigenvalue weighted by atomic mass is 9.46. The Morgan fingerprint density at radius 1 is 0.704 bits per heavy atom. The smallest absolute Gasteiger partial charge is 0.0189 e. The summed E-state index contributed by atoms with van der Waals surface area (Å²) in [4.78, 5) is 0. The van der Waals surface area contributed by atoms with Crippen molar-refractivity contribution < 1.29 is 0 Å².